The molecule has 25 heavy (non-hydrogen) atoms. The molecule has 0 fully saturated rings. The van der Waals surface area contributed by atoms with Crippen molar-refractivity contribution in [2.75, 3.05) is 7.11 Å². The molecule has 0 radical (unpaired) electrons. The molecule has 0 saturated carbocycles. The third-order valence-electron chi connectivity index (χ3n) is 4.39. The fourth-order valence-electron chi connectivity index (χ4n) is 3.17. The van der Waals surface area contributed by atoms with Crippen LogP contribution < -0.4 is 4.74 Å². The number of benzene rings is 2. The van der Waals surface area contributed by atoms with Crippen molar-refractivity contribution in [3.05, 3.63) is 63.6 Å². The number of aliphatic carboxylic acids is 1. The summed E-state index contributed by atoms with van der Waals surface area (Å²) in [7, 11) is 1.58. The molecule has 1 unspecified atom stereocenters. The fourth-order valence-corrected chi connectivity index (χ4v) is 3.58. The predicted molar refractivity (Wildman–Crippen MR) is 96.6 cm³/mol. The fraction of sp³-hybridized carbons (Fsp3) is 0.263. The summed E-state index contributed by atoms with van der Waals surface area (Å²) in [5.74, 6) is -0.259. The lowest BCUT2D eigenvalue weighted by atomic mass is 10.00. The number of halogens is 1. The average molecular weight is 404 g/mol. The van der Waals surface area contributed by atoms with Gasteiger partial charge >= 0.3 is 5.97 Å². The molecule has 1 aliphatic heterocycles. The van der Waals surface area contributed by atoms with E-state index in [1.165, 1.54) is 0 Å². The Hall–Kier alpha value is -2.34. The van der Waals surface area contributed by atoms with Crippen molar-refractivity contribution in [3.63, 3.8) is 0 Å². The average Bonchev–Trinajstić information content (AvgIpc) is 2.91. The Labute approximate surface area is 154 Å². The largest absolute Gasteiger partial charge is 0.497 e. The molecular formula is C19H18BrNO4. The number of ether oxygens (including phenoxy) is 1. The standard InChI is InChI=1S/C19H18BrNO4/c1-25-15-4-2-3-12(10-15)17(7-8-18(22)23)21-11-13-9-14(20)5-6-16(13)19(21)24/h2-6,9-10,17H,7-8,11H2,1H3,(H,22,23). The zero-order valence-electron chi connectivity index (χ0n) is 13.7. The summed E-state index contributed by atoms with van der Waals surface area (Å²) < 4.78 is 6.19. The molecule has 0 aromatic heterocycles. The second kappa shape index (κ2) is 7.27. The van der Waals surface area contributed by atoms with Gasteiger partial charge in [-0.05, 0) is 47.9 Å². The Bertz CT molecular complexity index is 821. The second-order valence-corrected chi connectivity index (χ2v) is 6.88. The second-order valence-electron chi connectivity index (χ2n) is 5.96. The number of hydrogen-bond donors (Lipinski definition) is 1. The van der Waals surface area contributed by atoms with Gasteiger partial charge in [0.2, 0.25) is 0 Å². The van der Waals surface area contributed by atoms with E-state index in [1.807, 2.05) is 42.5 Å². The highest BCUT2D eigenvalue weighted by molar-refractivity contribution is 9.10. The van der Waals surface area contributed by atoms with Gasteiger partial charge in [-0.1, -0.05) is 28.1 Å². The maximum absolute atomic E-state index is 12.9. The first-order chi connectivity index (χ1) is 12.0. The summed E-state index contributed by atoms with van der Waals surface area (Å²) in [5.41, 5.74) is 2.50. The molecule has 1 N–H and O–H groups in total. The number of rotatable bonds is 6. The SMILES string of the molecule is COc1cccc(C(CCC(=O)O)N2Cc3cc(Br)ccc3C2=O)c1. The summed E-state index contributed by atoms with van der Waals surface area (Å²) in [4.78, 5) is 25.7. The quantitative estimate of drug-likeness (QED) is 0.790. The smallest absolute Gasteiger partial charge is 0.303 e. The van der Waals surface area contributed by atoms with Crippen molar-refractivity contribution in [2.45, 2.75) is 25.4 Å². The third-order valence-corrected chi connectivity index (χ3v) is 4.88. The minimum absolute atomic E-state index is 0.00824. The Morgan fingerprint density at radius 3 is 2.84 bits per heavy atom. The normalized spacial score (nSPS) is 14.3. The van der Waals surface area contributed by atoms with Crippen LogP contribution in [0.15, 0.2) is 46.9 Å². The van der Waals surface area contributed by atoms with Crippen molar-refractivity contribution in [1.82, 2.24) is 4.90 Å². The highest BCUT2D eigenvalue weighted by Gasteiger charge is 2.33. The van der Waals surface area contributed by atoms with E-state index in [-0.39, 0.29) is 18.4 Å². The lowest BCUT2D eigenvalue weighted by Crippen LogP contribution is -2.29. The van der Waals surface area contributed by atoms with E-state index in [2.05, 4.69) is 15.9 Å². The van der Waals surface area contributed by atoms with Gasteiger partial charge in [0.15, 0.2) is 0 Å². The van der Waals surface area contributed by atoms with Crippen LogP contribution in [0.2, 0.25) is 0 Å². The predicted octanol–water partition coefficient (Wildman–Crippen LogP) is 4.02. The molecule has 3 rings (SSSR count). The number of hydrogen-bond acceptors (Lipinski definition) is 3. The van der Waals surface area contributed by atoms with Gasteiger partial charge in [-0.15, -0.1) is 0 Å². The van der Waals surface area contributed by atoms with Crippen LogP contribution in [0.5, 0.6) is 5.75 Å². The van der Waals surface area contributed by atoms with Gasteiger partial charge in [-0.25, -0.2) is 0 Å². The Kier molecular flexibility index (Phi) is 5.08. The molecule has 130 valence electrons. The summed E-state index contributed by atoms with van der Waals surface area (Å²) in [6, 6.07) is 12.7. The monoisotopic (exact) mass is 403 g/mol. The molecule has 0 aliphatic carbocycles. The molecule has 1 aliphatic rings. The number of methoxy groups -OCH3 is 1. The van der Waals surface area contributed by atoms with Crippen LogP contribution in [0, 0.1) is 0 Å². The maximum Gasteiger partial charge on any atom is 0.303 e. The minimum Gasteiger partial charge on any atom is -0.497 e. The van der Waals surface area contributed by atoms with E-state index >= 15 is 0 Å². The Balaban J connectivity index is 1.95. The molecule has 1 heterocycles. The Morgan fingerprint density at radius 1 is 1.32 bits per heavy atom. The van der Waals surface area contributed by atoms with E-state index in [0.717, 1.165) is 15.6 Å². The van der Waals surface area contributed by atoms with Gasteiger partial charge in [-0.3, -0.25) is 9.59 Å². The van der Waals surface area contributed by atoms with Crippen molar-refractivity contribution in [2.24, 2.45) is 0 Å². The van der Waals surface area contributed by atoms with Crippen LogP contribution in [0.3, 0.4) is 0 Å². The number of nitrogens with zero attached hydrogens (tertiary/aromatic N) is 1. The Morgan fingerprint density at radius 2 is 2.12 bits per heavy atom. The van der Waals surface area contributed by atoms with Crippen LogP contribution in [0.1, 0.15) is 40.4 Å². The molecule has 0 saturated heterocycles. The molecule has 1 atom stereocenters. The van der Waals surface area contributed by atoms with E-state index in [0.29, 0.717) is 24.3 Å². The highest BCUT2D eigenvalue weighted by atomic mass is 79.9. The number of carboxylic acid groups (broad SMARTS) is 1. The summed E-state index contributed by atoms with van der Waals surface area (Å²) >= 11 is 3.43. The minimum atomic E-state index is -0.875. The van der Waals surface area contributed by atoms with Gasteiger partial charge in [0.1, 0.15) is 5.75 Å². The van der Waals surface area contributed by atoms with Crippen LogP contribution in [-0.2, 0) is 11.3 Å². The molecule has 6 heteroatoms. The lowest BCUT2D eigenvalue weighted by Gasteiger charge is -2.28. The van der Waals surface area contributed by atoms with Gasteiger partial charge in [0, 0.05) is 23.0 Å². The maximum atomic E-state index is 12.9. The van der Waals surface area contributed by atoms with Gasteiger partial charge in [-0.2, -0.15) is 0 Å². The molecule has 5 nitrogen and oxygen atoms in total. The lowest BCUT2D eigenvalue weighted by molar-refractivity contribution is -0.137. The van der Waals surface area contributed by atoms with Gasteiger partial charge in [0.25, 0.3) is 5.91 Å². The van der Waals surface area contributed by atoms with Crippen LogP contribution in [-0.4, -0.2) is 29.0 Å². The van der Waals surface area contributed by atoms with Crippen LogP contribution >= 0.6 is 15.9 Å². The molecule has 2 aromatic carbocycles. The zero-order valence-corrected chi connectivity index (χ0v) is 15.3. The van der Waals surface area contributed by atoms with E-state index < -0.39 is 5.97 Å². The zero-order chi connectivity index (χ0) is 18.0. The first kappa shape index (κ1) is 17.5. The number of carboxylic acids is 1. The molecule has 2 aromatic rings. The van der Waals surface area contributed by atoms with Gasteiger partial charge in [0.05, 0.1) is 13.2 Å². The van der Waals surface area contributed by atoms with E-state index in [4.69, 9.17) is 9.84 Å². The first-order valence-corrected chi connectivity index (χ1v) is 8.74. The van der Waals surface area contributed by atoms with Crippen molar-refractivity contribution in [3.8, 4) is 5.75 Å². The topological polar surface area (TPSA) is 66.8 Å². The third kappa shape index (κ3) is 3.69. The molecule has 0 spiro atoms. The molecule has 0 bridgehead atoms. The summed E-state index contributed by atoms with van der Waals surface area (Å²) in [5, 5.41) is 9.09. The molecular weight excluding hydrogens is 386 g/mol. The number of carbonyl (C=O) groups excluding carboxylic acids is 1. The van der Waals surface area contributed by atoms with Gasteiger partial charge < -0.3 is 14.7 Å². The number of amides is 1. The van der Waals surface area contributed by atoms with Crippen molar-refractivity contribution < 1.29 is 19.4 Å². The first-order valence-electron chi connectivity index (χ1n) is 7.94. The highest BCUT2D eigenvalue weighted by Crippen LogP contribution is 2.36. The summed E-state index contributed by atoms with van der Waals surface area (Å²) in [6.07, 6.45) is 0.342. The van der Waals surface area contributed by atoms with E-state index in [9.17, 15) is 9.59 Å². The summed E-state index contributed by atoms with van der Waals surface area (Å²) in [6.45, 7) is 0.467. The molecule has 1 amide bonds. The number of fused-ring (bicyclic) bond motifs is 1. The van der Waals surface area contributed by atoms with E-state index in [1.54, 1.807) is 12.0 Å². The van der Waals surface area contributed by atoms with Crippen molar-refractivity contribution >= 4 is 27.8 Å². The number of carbonyl (C=O) groups is 2. The van der Waals surface area contributed by atoms with Crippen molar-refractivity contribution in [1.29, 1.82) is 0 Å². The van der Waals surface area contributed by atoms with Crippen LogP contribution in [0.25, 0.3) is 0 Å². The van der Waals surface area contributed by atoms with Crippen LogP contribution in [0.4, 0.5) is 0 Å².